The molecule has 0 aliphatic carbocycles. The van der Waals surface area contributed by atoms with Crippen LogP contribution in [0.5, 0.6) is 11.5 Å². The molecule has 0 atom stereocenters. The number of hydrogen-bond acceptors (Lipinski definition) is 6. The quantitative estimate of drug-likeness (QED) is 0.666. The molecule has 0 saturated carbocycles. The molecule has 0 radical (unpaired) electrons. The topological polar surface area (TPSA) is 82.8 Å². The Morgan fingerprint density at radius 3 is 2.86 bits per heavy atom. The lowest BCUT2D eigenvalue weighted by Crippen LogP contribution is -2.07. The van der Waals surface area contributed by atoms with Crippen molar-refractivity contribution in [3.8, 4) is 11.5 Å². The first-order chi connectivity index (χ1) is 10.2. The largest absolute Gasteiger partial charge is 0.465 e. The summed E-state index contributed by atoms with van der Waals surface area (Å²) in [6, 6.07) is 10.6. The number of benzene rings is 2. The first kappa shape index (κ1) is 13.1. The predicted molar refractivity (Wildman–Crippen MR) is 78.0 cm³/mol. The molecular formula is C15H14N2O4. The standard InChI is InChI=1S/C15H14N2O4/c1-19-15(18)10-3-2-4-11(14(10)16)17-9-5-6-12-13(7-9)21-8-20-12/h2-7,17H,8,16H2,1H3. The number of carbonyl (C=O) groups excluding carboxylic acids is 1. The maximum Gasteiger partial charge on any atom is 0.340 e. The van der Waals surface area contributed by atoms with Crippen LogP contribution in [0.3, 0.4) is 0 Å². The minimum Gasteiger partial charge on any atom is -0.465 e. The van der Waals surface area contributed by atoms with Gasteiger partial charge < -0.3 is 25.3 Å². The van der Waals surface area contributed by atoms with E-state index in [4.69, 9.17) is 19.9 Å². The number of fused-ring (bicyclic) bond motifs is 1. The molecule has 6 heteroatoms. The number of nitrogens with one attached hydrogen (secondary N) is 1. The Morgan fingerprint density at radius 2 is 2.05 bits per heavy atom. The molecule has 6 nitrogen and oxygen atoms in total. The van der Waals surface area contributed by atoms with E-state index in [1.165, 1.54) is 7.11 Å². The van der Waals surface area contributed by atoms with E-state index < -0.39 is 5.97 Å². The van der Waals surface area contributed by atoms with Crippen LogP contribution in [0.25, 0.3) is 0 Å². The van der Waals surface area contributed by atoms with E-state index in [0.29, 0.717) is 28.4 Å². The van der Waals surface area contributed by atoms with Gasteiger partial charge in [0.15, 0.2) is 11.5 Å². The molecule has 0 amide bonds. The molecule has 3 N–H and O–H groups in total. The van der Waals surface area contributed by atoms with Crippen molar-refractivity contribution in [1.29, 1.82) is 0 Å². The highest BCUT2D eigenvalue weighted by Gasteiger charge is 2.15. The Morgan fingerprint density at radius 1 is 1.24 bits per heavy atom. The summed E-state index contributed by atoms with van der Waals surface area (Å²) in [5.74, 6) is 0.904. The number of para-hydroxylation sites is 1. The van der Waals surface area contributed by atoms with E-state index in [-0.39, 0.29) is 6.79 Å². The smallest absolute Gasteiger partial charge is 0.340 e. The Bertz CT molecular complexity index is 700. The lowest BCUT2D eigenvalue weighted by molar-refractivity contribution is 0.0602. The Labute approximate surface area is 121 Å². The second-order valence-electron chi connectivity index (χ2n) is 4.45. The summed E-state index contributed by atoms with van der Waals surface area (Å²) in [5, 5.41) is 3.15. The van der Waals surface area contributed by atoms with E-state index in [2.05, 4.69) is 5.32 Å². The van der Waals surface area contributed by atoms with Gasteiger partial charge in [0, 0.05) is 11.8 Å². The zero-order chi connectivity index (χ0) is 14.8. The molecule has 1 aliphatic rings. The van der Waals surface area contributed by atoms with Gasteiger partial charge in [0.1, 0.15) is 0 Å². The average Bonchev–Trinajstić information content (AvgIpc) is 2.96. The van der Waals surface area contributed by atoms with Gasteiger partial charge in [0.2, 0.25) is 6.79 Å². The lowest BCUT2D eigenvalue weighted by atomic mass is 10.1. The van der Waals surface area contributed by atoms with Crippen LogP contribution in [0.1, 0.15) is 10.4 Å². The van der Waals surface area contributed by atoms with Crippen LogP contribution in [0.4, 0.5) is 17.1 Å². The van der Waals surface area contributed by atoms with Crippen LogP contribution in [-0.2, 0) is 4.74 Å². The predicted octanol–water partition coefficient (Wildman–Crippen LogP) is 2.53. The minimum absolute atomic E-state index is 0.221. The van der Waals surface area contributed by atoms with Gasteiger partial charge in [-0.25, -0.2) is 4.79 Å². The third-order valence-corrected chi connectivity index (χ3v) is 3.16. The summed E-state index contributed by atoms with van der Waals surface area (Å²) in [5.41, 5.74) is 8.07. The van der Waals surface area contributed by atoms with Crippen LogP contribution in [0, 0.1) is 0 Å². The molecule has 108 valence electrons. The Hall–Kier alpha value is -2.89. The van der Waals surface area contributed by atoms with E-state index >= 15 is 0 Å². The average molecular weight is 286 g/mol. The molecule has 0 fully saturated rings. The third kappa shape index (κ3) is 2.43. The van der Waals surface area contributed by atoms with Crippen molar-refractivity contribution < 1.29 is 19.0 Å². The fourth-order valence-electron chi connectivity index (χ4n) is 2.09. The Balaban J connectivity index is 1.90. The maximum atomic E-state index is 11.6. The molecule has 2 aromatic rings. The van der Waals surface area contributed by atoms with Crippen molar-refractivity contribution in [3.63, 3.8) is 0 Å². The molecule has 0 unspecified atom stereocenters. The van der Waals surface area contributed by atoms with Crippen molar-refractivity contribution in [3.05, 3.63) is 42.0 Å². The number of rotatable bonds is 3. The fraction of sp³-hybridized carbons (Fsp3) is 0.133. The molecule has 1 heterocycles. The highest BCUT2D eigenvalue weighted by Crippen LogP contribution is 2.36. The highest BCUT2D eigenvalue weighted by atomic mass is 16.7. The van der Waals surface area contributed by atoms with Crippen molar-refractivity contribution in [2.24, 2.45) is 0 Å². The van der Waals surface area contributed by atoms with Crippen molar-refractivity contribution >= 4 is 23.0 Å². The van der Waals surface area contributed by atoms with Crippen molar-refractivity contribution in [1.82, 2.24) is 0 Å². The van der Waals surface area contributed by atoms with Gasteiger partial charge in [-0.1, -0.05) is 6.07 Å². The van der Waals surface area contributed by atoms with Gasteiger partial charge in [0.05, 0.1) is 24.0 Å². The Kier molecular flexibility index (Phi) is 3.27. The monoisotopic (exact) mass is 286 g/mol. The van der Waals surface area contributed by atoms with Gasteiger partial charge in [0.25, 0.3) is 0 Å². The number of nitrogen functional groups attached to an aromatic ring is 1. The van der Waals surface area contributed by atoms with Gasteiger partial charge in [-0.3, -0.25) is 0 Å². The van der Waals surface area contributed by atoms with Gasteiger partial charge in [-0.15, -0.1) is 0 Å². The van der Waals surface area contributed by atoms with E-state index in [1.807, 2.05) is 18.2 Å². The molecular weight excluding hydrogens is 272 g/mol. The molecule has 0 saturated heterocycles. The lowest BCUT2D eigenvalue weighted by Gasteiger charge is -2.12. The van der Waals surface area contributed by atoms with Crippen molar-refractivity contribution in [2.45, 2.75) is 0 Å². The summed E-state index contributed by atoms with van der Waals surface area (Å²) in [4.78, 5) is 11.6. The van der Waals surface area contributed by atoms with Crippen LogP contribution in [0.15, 0.2) is 36.4 Å². The number of anilines is 3. The van der Waals surface area contributed by atoms with Crippen molar-refractivity contribution in [2.75, 3.05) is 25.0 Å². The van der Waals surface area contributed by atoms with Gasteiger partial charge in [-0.2, -0.15) is 0 Å². The molecule has 2 aromatic carbocycles. The summed E-state index contributed by atoms with van der Waals surface area (Å²) in [6.45, 7) is 0.221. The summed E-state index contributed by atoms with van der Waals surface area (Å²) >= 11 is 0. The van der Waals surface area contributed by atoms with Gasteiger partial charge >= 0.3 is 5.97 Å². The molecule has 1 aliphatic heterocycles. The third-order valence-electron chi connectivity index (χ3n) is 3.16. The summed E-state index contributed by atoms with van der Waals surface area (Å²) in [6.07, 6.45) is 0. The highest BCUT2D eigenvalue weighted by molar-refractivity contribution is 5.98. The molecule has 21 heavy (non-hydrogen) atoms. The summed E-state index contributed by atoms with van der Waals surface area (Å²) in [7, 11) is 1.32. The molecule has 0 aromatic heterocycles. The number of ether oxygens (including phenoxy) is 3. The SMILES string of the molecule is COC(=O)c1cccc(Nc2ccc3c(c2)OCO3)c1N. The molecule has 3 rings (SSSR count). The van der Waals surface area contributed by atoms with Crippen LogP contribution < -0.4 is 20.5 Å². The van der Waals surface area contributed by atoms with Crippen LogP contribution in [-0.4, -0.2) is 19.9 Å². The second-order valence-corrected chi connectivity index (χ2v) is 4.45. The maximum absolute atomic E-state index is 11.6. The number of esters is 1. The van der Waals surface area contributed by atoms with E-state index in [0.717, 1.165) is 5.69 Å². The first-order valence-electron chi connectivity index (χ1n) is 6.32. The zero-order valence-corrected chi connectivity index (χ0v) is 11.4. The van der Waals surface area contributed by atoms with E-state index in [9.17, 15) is 4.79 Å². The number of methoxy groups -OCH3 is 1. The first-order valence-corrected chi connectivity index (χ1v) is 6.32. The van der Waals surface area contributed by atoms with E-state index in [1.54, 1.807) is 18.2 Å². The minimum atomic E-state index is -0.471. The normalized spacial score (nSPS) is 12.0. The number of hydrogen-bond donors (Lipinski definition) is 2. The second kappa shape index (κ2) is 5.24. The number of nitrogens with two attached hydrogens (primary N) is 1. The fourth-order valence-corrected chi connectivity index (χ4v) is 2.09. The molecule has 0 bridgehead atoms. The zero-order valence-electron chi connectivity index (χ0n) is 11.4. The molecule has 0 spiro atoms. The number of carbonyl (C=O) groups is 1. The summed E-state index contributed by atoms with van der Waals surface area (Å²) < 4.78 is 15.3. The van der Waals surface area contributed by atoms with Gasteiger partial charge in [-0.05, 0) is 24.3 Å². The van der Waals surface area contributed by atoms with Crippen LogP contribution >= 0.6 is 0 Å². The van der Waals surface area contributed by atoms with Crippen LogP contribution in [0.2, 0.25) is 0 Å².